The number of carbonyl (C=O) groups is 1. The van der Waals surface area contributed by atoms with Crippen molar-refractivity contribution in [1.29, 1.82) is 5.26 Å². The third-order valence-corrected chi connectivity index (χ3v) is 6.39. The first-order valence-electron chi connectivity index (χ1n) is 8.03. The molecular weight excluding hydrogens is 435 g/mol. The summed E-state index contributed by atoms with van der Waals surface area (Å²) in [7, 11) is -3.32. The minimum absolute atomic E-state index is 0.0372. The van der Waals surface area contributed by atoms with Crippen molar-refractivity contribution in [3.63, 3.8) is 0 Å². The highest BCUT2D eigenvalue weighted by Crippen LogP contribution is 2.50. The molecule has 0 bridgehead atoms. The van der Waals surface area contributed by atoms with Gasteiger partial charge in [-0.1, -0.05) is 11.6 Å². The molecule has 8 nitrogen and oxygen atoms in total. The first-order chi connectivity index (χ1) is 13.4. The Morgan fingerprint density at radius 1 is 1.41 bits per heavy atom. The average molecular weight is 448 g/mol. The molecule has 1 fully saturated rings. The number of aryl methyl sites for hydroxylation is 1. The molecule has 0 aromatic carbocycles. The van der Waals surface area contributed by atoms with Gasteiger partial charge in [-0.15, -0.1) is 0 Å². The van der Waals surface area contributed by atoms with E-state index < -0.39 is 37.6 Å². The van der Waals surface area contributed by atoms with E-state index in [2.05, 4.69) is 10.3 Å². The van der Waals surface area contributed by atoms with Crippen molar-refractivity contribution in [2.45, 2.75) is 29.5 Å². The zero-order valence-corrected chi connectivity index (χ0v) is 16.3. The van der Waals surface area contributed by atoms with Gasteiger partial charge in [0.1, 0.15) is 27.9 Å². The summed E-state index contributed by atoms with van der Waals surface area (Å²) in [4.78, 5) is 15.6. The van der Waals surface area contributed by atoms with Gasteiger partial charge in [-0.2, -0.15) is 23.2 Å². The first kappa shape index (κ1) is 21.1. The van der Waals surface area contributed by atoms with Crippen LogP contribution in [0.3, 0.4) is 0 Å². The monoisotopic (exact) mass is 447 g/mol. The molecule has 154 valence electrons. The smallest absolute Gasteiger partial charge is 0.344 e. The molecule has 3 rings (SSSR count). The Bertz CT molecular complexity index is 1130. The summed E-state index contributed by atoms with van der Waals surface area (Å²) >= 11 is 6.05. The molecule has 1 aliphatic rings. The number of sulfonamides is 1. The number of nitrogens with one attached hydrogen (secondary N) is 2. The number of alkyl halides is 3. The number of rotatable bonds is 5. The molecule has 29 heavy (non-hydrogen) atoms. The largest absolute Gasteiger partial charge is 0.407 e. The van der Waals surface area contributed by atoms with E-state index in [0.717, 1.165) is 10.8 Å². The number of halogens is 4. The molecule has 2 aromatic heterocycles. The van der Waals surface area contributed by atoms with E-state index in [9.17, 15) is 26.4 Å². The second-order valence-corrected chi connectivity index (χ2v) is 8.48. The van der Waals surface area contributed by atoms with E-state index in [-0.39, 0.29) is 29.9 Å². The maximum absolute atomic E-state index is 13.1. The lowest BCUT2D eigenvalue weighted by atomic mass is 10.3. The Kier molecular flexibility index (Phi) is 5.10. The number of hydrogen-bond donors (Lipinski definition) is 2. The zero-order chi connectivity index (χ0) is 21.6. The Morgan fingerprint density at radius 3 is 2.62 bits per heavy atom. The molecule has 1 aliphatic carbocycles. The lowest BCUT2D eigenvalue weighted by Crippen LogP contribution is -2.47. The number of carbonyl (C=O) groups excluding carboxylic acids is 1. The number of amides is 1. The van der Waals surface area contributed by atoms with Gasteiger partial charge in [-0.05, 0) is 25.0 Å². The van der Waals surface area contributed by atoms with Crippen LogP contribution in [0.4, 0.5) is 18.9 Å². The number of aromatic nitrogens is 2. The van der Waals surface area contributed by atoms with Crippen molar-refractivity contribution in [1.82, 2.24) is 14.3 Å². The summed E-state index contributed by atoms with van der Waals surface area (Å²) in [5.74, 6) is -0.814. The first-order valence-corrected chi connectivity index (χ1v) is 9.89. The van der Waals surface area contributed by atoms with Gasteiger partial charge >= 0.3 is 6.18 Å². The molecule has 0 aliphatic heterocycles. The highest BCUT2D eigenvalue weighted by molar-refractivity contribution is 7.89. The molecule has 1 amide bonds. The molecule has 1 saturated carbocycles. The topological polar surface area (TPSA) is 117 Å². The summed E-state index contributed by atoms with van der Waals surface area (Å²) in [6.45, 7) is 0. The second-order valence-electron chi connectivity index (χ2n) is 6.45. The van der Waals surface area contributed by atoms with Gasteiger partial charge < -0.3 is 9.88 Å². The van der Waals surface area contributed by atoms with Crippen LogP contribution in [-0.2, 0) is 17.1 Å². The van der Waals surface area contributed by atoms with Crippen LogP contribution in [0.2, 0.25) is 5.02 Å². The third kappa shape index (κ3) is 3.93. The Morgan fingerprint density at radius 2 is 2.07 bits per heavy atom. The molecule has 0 atom stereocenters. The van der Waals surface area contributed by atoms with Crippen LogP contribution in [0, 0.1) is 11.3 Å². The predicted octanol–water partition coefficient (Wildman–Crippen LogP) is 2.57. The molecule has 2 aromatic rings. The number of anilines is 1. The quantitative estimate of drug-likeness (QED) is 0.730. The molecule has 2 N–H and O–H groups in total. The number of nitriles is 1. The standard InChI is InChI=1S/C16H13ClF3N5O3S/c1-25-8-11(29(27,28)24-15(3-4-15)16(18,19)20)12(17)13(25)14(26)23-9-2-5-22-10(6-9)7-21/h2,5-6,8,24H,3-4H2,1H3,(H,22,23,26). The molecular formula is C16H13ClF3N5O3S. The fourth-order valence-corrected chi connectivity index (χ4v) is 4.80. The van der Waals surface area contributed by atoms with E-state index in [4.69, 9.17) is 16.9 Å². The molecule has 0 spiro atoms. The van der Waals surface area contributed by atoms with Crippen LogP contribution in [0.1, 0.15) is 29.0 Å². The molecule has 0 radical (unpaired) electrons. The zero-order valence-electron chi connectivity index (χ0n) is 14.7. The Labute approximate surface area is 168 Å². The van der Waals surface area contributed by atoms with Crippen LogP contribution in [0.15, 0.2) is 29.4 Å². The summed E-state index contributed by atoms with van der Waals surface area (Å²) in [6.07, 6.45) is -3.26. The lowest BCUT2D eigenvalue weighted by molar-refractivity contribution is -0.160. The van der Waals surface area contributed by atoms with E-state index in [0.29, 0.717) is 0 Å². The molecule has 2 heterocycles. The highest BCUT2D eigenvalue weighted by atomic mass is 35.5. The van der Waals surface area contributed by atoms with Gasteiger partial charge in [0.05, 0.1) is 5.02 Å². The predicted molar refractivity (Wildman–Crippen MR) is 95.7 cm³/mol. The van der Waals surface area contributed by atoms with Crippen LogP contribution >= 0.6 is 11.6 Å². The maximum atomic E-state index is 13.1. The summed E-state index contributed by atoms with van der Waals surface area (Å²) in [5.41, 5.74) is -2.55. The molecule has 0 saturated heterocycles. The van der Waals surface area contributed by atoms with Crippen LogP contribution in [0.25, 0.3) is 0 Å². The van der Waals surface area contributed by atoms with Crippen LogP contribution < -0.4 is 10.0 Å². The summed E-state index contributed by atoms with van der Waals surface area (Å²) < 4.78 is 67.1. The van der Waals surface area contributed by atoms with Crippen molar-refractivity contribution in [3.8, 4) is 6.07 Å². The van der Waals surface area contributed by atoms with Gasteiger partial charge in [-0.3, -0.25) is 4.79 Å². The van der Waals surface area contributed by atoms with Crippen LogP contribution in [-0.4, -0.2) is 35.6 Å². The van der Waals surface area contributed by atoms with Crippen molar-refractivity contribution < 1.29 is 26.4 Å². The van der Waals surface area contributed by atoms with E-state index in [1.165, 1.54) is 25.4 Å². The fourth-order valence-electron chi connectivity index (χ4n) is 2.66. The third-order valence-electron chi connectivity index (χ3n) is 4.35. The van der Waals surface area contributed by atoms with Gasteiger partial charge in [-0.25, -0.2) is 13.4 Å². The number of nitrogens with zero attached hydrogens (tertiary/aromatic N) is 3. The normalized spacial score (nSPS) is 15.6. The van der Waals surface area contributed by atoms with E-state index in [1.54, 1.807) is 10.8 Å². The SMILES string of the molecule is Cn1cc(S(=O)(=O)NC2(C(F)(F)F)CC2)c(Cl)c1C(=O)Nc1ccnc(C#N)c1. The minimum atomic E-state index is -4.75. The van der Waals surface area contributed by atoms with E-state index >= 15 is 0 Å². The van der Waals surface area contributed by atoms with Gasteiger partial charge in [0.25, 0.3) is 5.91 Å². The van der Waals surface area contributed by atoms with Crippen molar-refractivity contribution in [2.75, 3.05) is 5.32 Å². The fraction of sp³-hybridized carbons (Fsp3) is 0.312. The minimum Gasteiger partial charge on any atom is -0.344 e. The summed E-state index contributed by atoms with van der Waals surface area (Å²) in [6, 6.07) is 4.48. The average Bonchev–Trinajstić information content (AvgIpc) is 3.33. The second kappa shape index (κ2) is 7.01. The highest BCUT2D eigenvalue weighted by Gasteiger charge is 2.65. The van der Waals surface area contributed by atoms with Crippen molar-refractivity contribution in [2.24, 2.45) is 7.05 Å². The number of pyridine rings is 1. The Balaban J connectivity index is 1.90. The molecule has 13 heteroatoms. The summed E-state index contributed by atoms with van der Waals surface area (Å²) in [5, 5.41) is 10.8. The van der Waals surface area contributed by atoms with Crippen molar-refractivity contribution in [3.05, 3.63) is 40.9 Å². The van der Waals surface area contributed by atoms with E-state index in [1.807, 2.05) is 0 Å². The van der Waals surface area contributed by atoms with Gasteiger partial charge in [0.15, 0.2) is 0 Å². The number of hydrogen-bond acceptors (Lipinski definition) is 5. The lowest BCUT2D eigenvalue weighted by Gasteiger charge is -2.20. The van der Waals surface area contributed by atoms with Gasteiger partial charge in [0.2, 0.25) is 10.0 Å². The van der Waals surface area contributed by atoms with Gasteiger partial charge in [0, 0.05) is 25.1 Å². The van der Waals surface area contributed by atoms with Crippen LogP contribution in [0.5, 0.6) is 0 Å². The Hall–Kier alpha value is -2.62. The molecule has 0 unspecified atom stereocenters. The maximum Gasteiger partial charge on any atom is 0.407 e. The van der Waals surface area contributed by atoms with Crippen molar-refractivity contribution >= 4 is 33.2 Å².